The van der Waals surface area contributed by atoms with E-state index in [9.17, 15) is 0 Å². The molecular weight excluding hydrogens is 302 g/mol. The van der Waals surface area contributed by atoms with Gasteiger partial charge in [0.15, 0.2) is 11.5 Å². The van der Waals surface area contributed by atoms with E-state index in [4.69, 9.17) is 9.47 Å². The standard InChI is InChI=1S/C19H25N3O2/c1-3-24-17-7-6-15(13-18(17)23-2)19(16-5-4-8-21-14-16)22-11-9-20-10-12-22/h4-8,13-14,19-20H,3,9-12H2,1-2H3. The molecule has 5 heteroatoms. The molecule has 128 valence electrons. The van der Waals surface area contributed by atoms with Gasteiger partial charge in [-0.3, -0.25) is 9.88 Å². The Morgan fingerprint density at radius 3 is 2.67 bits per heavy atom. The summed E-state index contributed by atoms with van der Waals surface area (Å²) >= 11 is 0. The molecular formula is C19H25N3O2. The first-order chi connectivity index (χ1) is 11.8. The number of ether oxygens (including phenoxy) is 2. The summed E-state index contributed by atoms with van der Waals surface area (Å²) < 4.78 is 11.2. The summed E-state index contributed by atoms with van der Waals surface area (Å²) in [7, 11) is 1.69. The van der Waals surface area contributed by atoms with E-state index in [-0.39, 0.29) is 6.04 Å². The topological polar surface area (TPSA) is 46.6 Å². The number of methoxy groups -OCH3 is 1. The van der Waals surface area contributed by atoms with Gasteiger partial charge < -0.3 is 14.8 Å². The molecule has 0 bridgehead atoms. The molecule has 2 aromatic rings. The summed E-state index contributed by atoms with van der Waals surface area (Å²) in [6.45, 7) is 6.63. The second kappa shape index (κ2) is 8.13. The quantitative estimate of drug-likeness (QED) is 0.883. The lowest BCUT2D eigenvalue weighted by Crippen LogP contribution is -2.45. The number of benzene rings is 1. The van der Waals surface area contributed by atoms with Crippen LogP contribution in [-0.2, 0) is 0 Å². The largest absolute Gasteiger partial charge is 0.493 e. The van der Waals surface area contributed by atoms with Crippen molar-refractivity contribution >= 4 is 0 Å². The fourth-order valence-corrected chi connectivity index (χ4v) is 3.22. The van der Waals surface area contributed by atoms with Crippen LogP contribution < -0.4 is 14.8 Å². The Kier molecular flexibility index (Phi) is 5.67. The fraction of sp³-hybridized carbons (Fsp3) is 0.421. The molecule has 3 rings (SSSR count). The van der Waals surface area contributed by atoms with Crippen LogP contribution in [0.3, 0.4) is 0 Å². The van der Waals surface area contributed by atoms with E-state index in [1.54, 1.807) is 7.11 Å². The number of aromatic nitrogens is 1. The third-order valence-electron chi connectivity index (χ3n) is 4.32. The molecule has 5 nitrogen and oxygen atoms in total. The Bertz CT molecular complexity index is 642. The second-order valence-electron chi connectivity index (χ2n) is 5.82. The molecule has 0 spiro atoms. The van der Waals surface area contributed by atoms with E-state index in [1.165, 1.54) is 11.1 Å². The average Bonchev–Trinajstić information content (AvgIpc) is 2.65. The molecule has 1 N–H and O–H groups in total. The predicted molar refractivity (Wildman–Crippen MR) is 94.7 cm³/mol. The van der Waals surface area contributed by atoms with Crippen molar-refractivity contribution < 1.29 is 9.47 Å². The SMILES string of the molecule is CCOc1ccc(C(c2cccnc2)N2CCNCC2)cc1OC. The van der Waals surface area contributed by atoms with E-state index < -0.39 is 0 Å². The maximum absolute atomic E-state index is 5.65. The van der Waals surface area contributed by atoms with Crippen LogP contribution in [0.5, 0.6) is 11.5 Å². The molecule has 1 saturated heterocycles. The first kappa shape index (κ1) is 16.7. The monoisotopic (exact) mass is 327 g/mol. The Labute approximate surface area is 143 Å². The van der Waals surface area contributed by atoms with Crippen LogP contribution in [0.25, 0.3) is 0 Å². The first-order valence-electron chi connectivity index (χ1n) is 8.49. The van der Waals surface area contributed by atoms with Gasteiger partial charge in [-0.05, 0) is 36.2 Å². The summed E-state index contributed by atoms with van der Waals surface area (Å²) in [6.07, 6.45) is 3.77. The molecule has 1 aromatic heterocycles. The highest BCUT2D eigenvalue weighted by Gasteiger charge is 2.25. The van der Waals surface area contributed by atoms with Crippen LogP contribution in [0.4, 0.5) is 0 Å². The van der Waals surface area contributed by atoms with E-state index >= 15 is 0 Å². The Hall–Kier alpha value is -2.11. The third kappa shape index (κ3) is 3.68. The van der Waals surface area contributed by atoms with Crippen LogP contribution >= 0.6 is 0 Å². The first-order valence-corrected chi connectivity index (χ1v) is 8.49. The number of nitrogens with zero attached hydrogens (tertiary/aromatic N) is 2. The molecule has 1 fully saturated rings. The van der Waals surface area contributed by atoms with Crippen molar-refractivity contribution in [2.24, 2.45) is 0 Å². The molecule has 1 atom stereocenters. The predicted octanol–water partition coefficient (Wildman–Crippen LogP) is 2.48. The summed E-state index contributed by atoms with van der Waals surface area (Å²) in [5.74, 6) is 1.56. The highest BCUT2D eigenvalue weighted by atomic mass is 16.5. The number of pyridine rings is 1. The highest BCUT2D eigenvalue weighted by Crippen LogP contribution is 2.35. The number of piperazine rings is 1. The van der Waals surface area contributed by atoms with Crippen LogP contribution in [0, 0.1) is 0 Å². The van der Waals surface area contributed by atoms with E-state index in [2.05, 4.69) is 33.4 Å². The van der Waals surface area contributed by atoms with Gasteiger partial charge in [-0.1, -0.05) is 12.1 Å². The van der Waals surface area contributed by atoms with Crippen LogP contribution in [0.1, 0.15) is 24.1 Å². The second-order valence-corrected chi connectivity index (χ2v) is 5.82. The number of rotatable bonds is 6. The summed E-state index contributed by atoms with van der Waals surface area (Å²) in [5.41, 5.74) is 2.40. The zero-order valence-electron chi connectivity index (χ0n) is 14.4. The molecule has 1 aromatic carbocycles. The molecule has 1 aliphatic heterocycles. The van der Waals surface area contributed by atoms with Gasteiger partial charge >= 0.3 is 0 Å². The molecule has 1 unspecified atom stereocenters. The van der Waals surface area contributed by atoms with Gasteiger partial charge in [-0.2, -0.15) is 0 Å². The maximum atomic E-state index is 5.65. The Morgan fingerprint density at radius 1 is 1.17 bits per heavy atom. The van der Waals surface area contributed by atoms with Crippen LogP contribution in [-0.4, -0.2) is 49.8 Å². The van der Waals surface area contributed by atoms with Crippen molar-refractivity contribution in [2.45, 2.75) is 13.0 Å². The van der Waals surface area contributed by atoms with Crippen molar-refractivity contribution in [3.8, 4) is 11.5 Å². The minimum absolute atomic E-state index is 0.172. The molecule has 0 aliphatic carbocycles. The molecule has 0 saturated carbocycles. The molecule has 1 aliphatic rings. The Morgan fingerprint density at radius 2 is 2.00 bits per heavy atom. The zero-order chi connectivity index (χ0) is 16.8. The summed E-state index contributed by atoms with van der Waals surface area (Å²) in [5, 5.41) is 3.42. The minimum atomic E-state index is 0.172. The van der Waals surface area contributed by atoms with Gasteiger partial charge in [0.05, 0.1) is 19.8 Å². The number of hydrogen-bond acceptors (Lipinski definition) is 5. The number of nitrogens with one attached hydrogen (secondary N) is 1. The minimum Gasteiger partial charge on any atom is -0.493 e. The highest BCUT2D eigenvalue weighted by molar-refractivity contribution is 5.45. The van der Waals surface area contributed by atoms with Gasteiger partial charge in [-0.25, -0.2) is 0 Å². The maximum Gasteiger partial charge on any atom is 0.161 e. The van der Waals surface area contributed by atoms with Gasteiger partial charge in [0.2, 0.25) is 0 Å². The molecule has 0 radical (unpaired) electrons. The molecule has 24 heavy (non-hydrogen) atoms. The van der Waals surface area contributed by atoms with Crippen molar-refractivity contribution in [1.82, 2.24) is 15.2 Å². The van der Waals surface area contributed by atoms with E-state index in [0.29, 0.717) is 6.61 Å². The fourth-order valence-electron chi connectivity index (χ4n) is 3.22. The van der Waals surface area contributed by atoms with E-state index in [0.717, 1.165) is 37.7 Å². The Balaban J connectivity index is 1.98. The summed E-state index contributed by atoms with van der Waals surface area (Å²) in [4.78, 5) is 6.81. The van der Waals surface area contributed by atoms with Crippen LogP contribution in [0.2, 0.25) is 0 Å². The lowest BCUT2D eigenvalue weighted by molar-refractivity contribution is 0.197. The van der Waals surface area contributed by atoms with Crippen molar-refractivity contribution in [3.63, 3.8) is 0 Å². The smallest absolute Gasteiger partial charge is 0.161 e. The molecule has 2 heterocycles. The van der Waals surface area contributed by atoms with Gasteiger partial charge in [-0.15, -0.1) is 0 Å². The van der Waals surface area contributed by atoms with E-state index in [1.807, 2.05) is 31.5 Å². The third-order valence-corrected chi connectivity index (χ3v) is 4.32. The number of hydrogen-bond donors (Lipinski definition) is 1. The van der Waals surface area contributed by atoms with Gasteiger partial charge in [0.1, 0.15) is 0 Å². The molecule has 0 amide bonds. The lowest BCUT2D eigenvalue weighted by atomic mass is 9.97. The van der Waals surface area contributed by atoms with Crippen LogP contribution in [0.15, 0.2) is 42.7 Å². The average molecular weight is 327 g/mol. The van der Waals surface area contributed by atoms with Crippen molar-refractivity contribution in [1.29, 1.82) is 0 Å². The van der Waals surface area contributed by atoms with Gasteiger partial charge in [0, 0.05) is 38.6 Å². The zero-order valence-corrected chi connectivity index (χ0v) is 14.4. The van der Waals surface area contributed by atoms with Gasteiger partial charge in [0.25, 0.3) is 0 Å². The summed E-state index contributed by atoms with van der Waals surface area (Å²) in [6, 6.07) is 10.5. The normalized spacial score (nSPS) is 16.6. The van der Waals surface area contributed by atoms with Crippen molar-refractivity contribution in [2.75, 3.05) is 39.9 Å². The lowest BCUT2D eigenvalue weighted by Gasteiger charge is -2.35. The van der Waals surface area contributed by atoms with Crippen molar-refractivity contribution in [3.05, 3.63) is 53.9 Å².